The standard InChI is InChI=1S/C16H20BrNOS/c1-4-7-14(19-5-2)16-18-15(11(3)20-16)12-8-6-9-13(17)10-12/h6,8-10,14H,4-5,7H2,1-3H3. The molecule has 0 radical (unpaired) electrons. The molecular weight excluding hydrogens is 334 g/mol. The number of aryl methyl sites for hydroxylation is 1. The van der Waals surface area contributed by atoms with E-state index >= 15 is 0 Å². The van der Waals surface area contributed by atoms with Crippen LogP contribution >= 0.6 is 27.3 Å². The smallest absolute Gasteiger partial charge is 0.122 e. The summed E-state index contributed by atoms with van der Waals surface area (Å²) in [7, 11) is 0. The van der Waals surface area contributed by atoms with Crippen LogP contribution in [0, 0.1) is 6.92 Å². The van der Waals surface area contributed by atoms with E-state index in [-0.39, 0.29) is 6.10 Å². The average Bonchev–Trinajstić information content (AvgIpc) is 2.80. The Morgan fingerprint density at radius 1 is 1.35 bits per heavy atom. The molecule has 0 saturated heterocycles. The predicted molar refractivity (Wildman–Crippen MR) is 89.3 cm³/mol. The zero-order valence-corrected chi connectivity index (χ0v) is 14.6. The van der Waals surface area contributed by atoms with E-state index in [0.29, 0.717) is 0 Å². The van der Waals surface area contributed by atoms with Crippen LogP contribution in [-0.4, -0.2) is 11.6 Å². The van der Waals surface area contributed by atoms with Crippen molar-refractivity contribution in [3.05, 3.63) is 38.6 Å². The van der Waals surface area contributed by atoms with Gasteiger partial charge in [0.2, 0.25) is 0 Å². The molecule has 0 spiro atoms. The molecular formula is C16H20BrNOS. The molecule has 0 aliphatic carbocycles. The van der Waals surface area contributed by atoms with E-state index in [0.717, 1.165) is 40.2 Å². The first-order chi connectivity index (χ1) is 9.65. The third kappa shape index (κ3) is 3.68. The summed E-state index contributed by atoms with van der Waals surface area (Å²) in [5.41, 5.74) is 2.23. The molecule has 0 saturated carbocycles. The Kier molecular flexibility index (Phi) is 5.75. The van der Waals surface area contributed by atoms with Gasteiger partial charge in [-0.1, -0.05) is 41.4 Å². The zero-order valence-electron chi connectivity index (χ0n) is 12.1. The first-order valence-corrected chi connectivity index (χ1v) is 8.61. The molecule has 0 amide bonds. The first kappa shape index (κ1) is 15.7. The third-order valence-corrected chi connectivity index (χ3v) is 4.66. The van der Waals surface area contributed by atoms with Crippen molar-refractivity contribution in [2.45, 2.75) is 39.7 Å². The van der Waals surface area contributed by atoms with Gasteiger partial charge in [0.1, 0.15) is 11.1 Å². The quantitative estimate of drug-likeness (QED) is 0.658. The van der Waals surface area contributed by atoms with Gasteiger partial charge in [-0.05, 0) is 32.4 Å². The normalized spacial score (nSPS) is 12.6. The number of halogens is 1. The lowest BCUT2D eigenvalue weighted by molar-refractivity contribution is 0.0555. The highest BCUT2D eigenvalue weighted by Gasteiger charge is 2.18. The largest absolute Gasteiger partial charge is 0.371 e. The van der Waals surface area contributed by atoms with E-state index in [1.54, 1.807) is 11.3 Å². The van der Waals surface area contributed by atoms with Gasteiger partial charge in [-0.25, -0.2) is 4.98 Å². The van der Waals surface area contributed by atoms with Crippen LogP contribution in [-0.2, 0) is 4.74 Å². The van der Waals surface area contributed by atoms with Crippen molar-refractivity contribution in [1.29, 1.82) is 0 Å². The van der Waals surface area contributed by atoms with E-state index in [9.17, 15) is 0 Å². The van der Waals surface area contributed by atoms with Crippen molar-refractivity contribution in [3.8, 4) is 11.3 Å². The van der Waals surface area contributed by atoms with Gasteiger partial charge in [0, 0.05) is 21.5 Å². The third-order valence-electron chi connectivity index (χ3n) is 3.11. The maximum Gasteiger partial charge on any atom is 0.122 e. The van der Waals surface area contributed by atoms with Crippen LogP contribution in [0.3, 0.4) is 0 Å². The van der Waals surface area contributed by atoms with Crippen molar-refractivity contribution < 1.29 is 4.74 Å². The fourth-order valence-corrected chi connectivity index (χ4v) is 3.63. The predicted octanol–water partition coefficient (Wildman–Crippen LogP) is 5.76. The van der Waals surface area contributed by atoms with Crippen LogP contribution in [0.25, 0.3) is 11.3 Å². The van der Waals surface area contributed by atoms with Crippen molar-refractivity contribution >= 4 is 27.3 Å². The summed E-state index contributed by atoms with van der Waals surface area (Å²) in [6.07, 6.45) is 2.27. The van der Waals surface area contributed by atoms with E-state index in [4.69, 9.17) is 9.72 Å². The van der Waals surface area contributed by atoms with Gasteiger partial charge in [0.15, 0.2) is 0 Å². The summed E-state index contributed by atoms with van der Waals surface area (Å²) in [5, 5.41) is 1.10. The average molecular weight is 354 g/mol. The summed E-state index contributed by atoms with van der Waals surface area (Å²) < 4.78 is 6.92. The molecule has 2 rings (SSSR count). The molecule has 20 heavy (non-hydrogen) atoms. The monoisotopic (exact) mass is 353 g/mol. The number of nitrogens with zero attached hydrogens (tertiary/aromatic N) is 1. The lowest BCUT2D eigenvalue weighted by Gasteiger charge is -2.12. The van der Waals surface area contributed by atoms with Crippen LogP contribution in [0.2, 0.25) is 0 Å². The van der Waals surface area contributed by atoms with Gasteiger partial charge in [0.25, 0.3) is 0 Å². The Balaban J connectivity index is 2.33. The second kappa shape index (κ2) is 7.34. The molecule has 108 valence electrons. The Morgan fingerprint density at radius 3 is 2.80 bits per heavy atom. The topological polar surface area (TPSA) is 22.1 Å². The molecule has 4 heteroatoms. The van der Waals surface area contributed by atoms with Gasteiger partial charge in [0.05, 0.1) is 5.69 Å². The Labute approximate surface area is 133 Å². The molecule has 0 aliphatic heterocycles. The maximum atomic E-state index is 5.84. The van der Waals surface area contributed by atoms with Crippen LogP contribution in [0.15, 0.2) is 28.7 Å². The van der Waals surface area contributed by atoms with E-state index in [2.05, 4.69) is 41.9 Å². The molecule has 2 aromatic rings. The number of rotatable bonds is 6. The molecule has 0 fully saturated rings. The van der Waals surface area contributed by atoms with Crippen LogP contribution in [0.4, 0.5) is 0 Å². The van der Waals surface area contributed by atoms with Gasteiger partial charge in [-0.3, -0.25) is 0 Å². The van der Waals surface area contributed by atoms with E-state index in [1.807, 2.05) is 19.1 Å². The van der Waals surface area contributed by atoms with E-state index < -0.39 is 0 Å². The van der Waals surface area contributed by atoms with Gasteiger partial charge < -0.3 is 4.74 Å². The SMILES string of the molecule is CCCC(OCC)c1nc(-c2cccc(Br)c2)c(C)s1. The van der Waals surface area contributed by atoms with Crippen LogP contribution < -0.4 is 0 Å². The summed E-state index contributed by atoms with van der Waals surface area (Å²) in [6.45, 7) is 7.09. The highest BCUT2D eigenvalue weighted by Crippen LogP contribution is 2.34. The zero-order chi connectivity index (χ0) is 14.5. The van der Waals surface area contributed by atoms with Crippen LogP contribution in [0.1, 0.15) is 42.7 Å². The first-order valence-electron chi connectivity index (χ1n) is 7.00. The minimum Gasteiger partial charge on any atom is -0.371 e. The molecule has 1 aromatic carbocycles. The minimum absolute atomic E-state index is 0.134. The number of hydrogen-bond donors (Lipinski definition) is 0. The molecule has 0 aliphatic rings. The Bertz CT molecular complexity index is 561. The highest BCUT2D eigenvalue weighted by atomic mass is 79.9. The molecule has 1 aromatic heterocycles. The molecule has 2 nitrogen and oxygen atoms in total. The number of ether oxygens (including phenoxy) is 1. The lowest BCUT2D eigenvalue weighted by atomic mass is 10.1. The molecule has 1 unspecified atom stereocenters. The minimum atomic E-state index is 0.134. The molecule has 1 atom stereocenters. The van der Waals surface area contributed by atoms with Gasteiger partial charge >= 0.3 is 0 Å². The number of aromatic nitrogens is 1. The van der Waals surface area contributed by atoms with Crippen molar-refractivity contribution in [2.75, 3.05) is 6.61 Å². The number of hydrogen-bond acceptors (Lipinski definition) is 3. The Hall–Kier alpha value is -0.710. The van der Waals surface area contributed by atoms with Crippen molar-refractivity contribution in [2.24, 2.45) is 0 Å². The van der Waals surface area contributed by atoms with E-state index in [1.165, 1.54) is 4.88 Å². The second-order valence-electron chi connectivity index (χ2n) is 4.70. The summed E-state index contributed by atoms with van der Waals surface area (Å²) in [4.78, 5) is 6.08. The number of thiazole rings is 1. The maximum absolute atomic E-state index is 5.84. The van der Waals surface area contributed by atoms with Crippen LogP contribution in [0.5, 0.6) is 0 Å². The molecule has 0 bridgehead atoms. The summed E-state index contributed by atoms with van der Waals surface area (Å²) in [6, 6.07) is 8.30. The lowest BCUT2D eigenvalue weighted by Crippen LogP contribution is -2.03. The number of benzene rings is 1. The molecule has 0 N–H and O–H groups in total. The van der Waals surface area contributed by atoms with Gasteiger partial charge in [-0.2, -0.15) is 0 Å². The van der Waals surface area contributed by atoms with Crippen molar-refractivity contribution in [3.63, 3.8) is 0 Å². The highest BCUT2D eigenvalue weighted by molar-refractivity contribution is 9.10. The second-order valence-corrected chi connectivity index (χ2v) is 6.85. The molecule has 1 heterocycles. The van der Waals surface area contributed by atoms with Crippen molar-refractivity contribution in [1.82, 2.24) is 4.98 Å². The summed E-state index contributed by atoms with van der Waals surface area (Å²) >= 11 is 5.27. The van der Waals surface area contributed by atoms with Gasteiger partial charge in [-0.15, -0.1) is 11.3 Å². The Morgan fingerprint density at radius 2 is 2.15 bits per heavy atom. The fourth-order valence-electron chi connectivity index (χ4n) is 2.20. The fraction of sp³-hybridized carbons (Fsp3) is 0.438. The summed E-state index contributed by atoms with van der Waals surface area (Å²) in [5.74, 6) is 0.